The van der Waals surface area contributed by atoms with Crippen molar-refractivity contribution in [1.82, 2.24) is 14.6 Å². The number of para-hydroxylation sites is 1. The van der Waals surface area contributed by atoms with Crippen LogP contribution in [0.1, 0.15) is 5.56 Å². The fourth-order valence-electron chi connectivity index (χ4n) is 2.79. The number of aromatic nitrogens is 3. The maximum atomic E-state index is 13.7. The number of nitrogens with zero attached hydrogens (tertiary/aromatic N) is 3. The highest BCUT2D eigenvalue weighted by molar-refractivity contribution is 5.64. The smallest absolute Gasteiger partial charge is 0.240 e. The first-order valence-electron chi connectivity index (χ1n) is 8.00. The van der Waals surface area contributed by atoms with Crippen LogP contribution in [0.5, 0.6) is 0 Å². The van der Waals surface area contributed by atoms with Gasteiger partial charge in [-0.2, -0.15) is 4.98 Å². The summed E-state index contributed by atoms with van der Waals surface area (Å²) in [6.45, 7) is 0.304. The summed E-state index contributed by atoms with van der Waals surface area (Å²) in [5, 5.41) is 6.99. The molecule has 0 saturated carbocycles. The Morgan fingerprint density at radius 1 is 0.923 bits per heavy atom. The van der Waals surface area contributed by atoms with Crippen molar-refractivity contribution in [3.63, 3.8) is 0 Å². The first-order valence-corrected chi connectivity index (χ1v) is 8.00. The van der Waals surface area contributed by atoms with Gasteiger partial charge in [-0.05, 0) is 29.8 Å². The molecule has 0 atom stereocenters. The van der Waals surface area contributed by atoms with E-state index in [0.717, 1.165) is 16.8 Å². The molecule has 0 bridgehead atoms. The molecule has 0 spiro atoms. The molecule has 0 aliphatic heterocycles. The summed E-state index contributed by atoms with van der Waals surface area (Å²) in [6, 6.07) is 17.0. The summed E-state index contributed by atoms with van der Waals surface area (Å²) in [5.74, 6) is -1.01. The highest BCUT2D eigenvalue weighted by Crippen LogP contribution is 2.22. The van der Waals surface area contributed by atoms with Crippen LogP contribution in [0, 0.1) is 11.6 Å². The van der Waals surface area contributed by atoms with Crippen molar-refractivity contribution < 1.29 is 8.78 Å². The average molecular weight is 351 g/mol. The van der Waals surface area contributed by atoms with Crippen molar-refractivity contribution in [1.29, 1.82) is 0 Å². The van der Waals surface area contributed by atoms with Crippen LogP contribution in [0.3, 0.4) is 0 Å². The number of anilines is 2. The van der Waals surface area contributed by atoms with Gasteiger partial charge in [0.05, 0.1) is 5.69 Å². The third-order valence-corrected chi connectivity index (χ3v) is 4.06. The Balaban J connectivity index is 1.57. The van der Waals surface area contributed by atoms with E-state index in [9.17, 15) is 8.78 Å². The van der Waals surface area contributed by atoms with Crippen molar-refractivity contribution in [2.24, 2.45) is 0 Å². The fraction of sp³-hybridized carbons (Fsp3) is 0.0526. The molecule has 26 heavy (non-hydrogen) atoms. The van der Waals surface area contributed by atoms with Crippen molar-refractivity contribution >= 4 is 17.3 Å². The maximum Gasteiger partial charge on any atom is 0.240 e. The lowest BCUT2D eigenvalue weighted by Gasteiger charge is -2.10. The van der Waals surface area contributed by atoms with E-state index in [2.05, 4.69) is 15.4 Å². The lowest BCUT2D eigenvalue weighted by molar-refractivity contribution is 0.588. The molecule has 0 unspecified atom stereocenters. The number of benzene rings is 2. The molecule has 0 radical (unpaired) electrons. The number of hydrogen-bond acceptors (Lipinski definition) is 4. The summed E-state index contributed by atoms with van der Waals surface area (Å²) in [5.41, 5.74) is 8.89. The van der Waals surface area contributed by atoms with E-state index < -0.39 is 11.6 Å². The van der Waals surface area contributed by atoms with E-state index in [4.69, 9.17) is 5.73 Å². The third kappa shape index (κ3) is 2.95. The largest absolute Gasteiger partial charge is 0.376 e. The Labute approximate surface area is 148 Å². The number of pyridine rings is 1. The standard InChI is InChI=1S/C19H15F2N5/c20-14-3-1-4-15(21)18(14)23-11-12-7-9-13(10-8-12)16-5-2-6-17-24-19(22)25-26(16)17/h1-10,23H,11H2,(H2,22,25). The molecule has 0 saturated heterocycles. The summed E-state index contributed by atoms with van der Waals surface area (Å²) in [4.78, 5) is 4.14. The van der Waals surface area contributed by atoms with Crippen LogP contribution in [-0.4, -0.2) is 14.6 Å². The van der Waals surface area contributed by atoms with Crippen molar-refractivity contribution in [3.05, 3.63) is 77.9 Å². The minimum Gasteiger partial charge on any atom is -0.376 e. The molecule has 4 rings (SSSR count). The first kappa shape index (κ1) is 16.0. The number of rotatable bonds is 4. The summed E-state index contributed by atoms with van der Waals surface area (Å²) >= 11 is 0. The molecule has 0 aliphatic rings. The zero-order valence-electron chi connectivity index (χ0n) is 13.7. The van der Waals surface area contributed by atoms with E-state index in [1.54, 1.807) is 4.52 Å². The second kappa shape index (κ2) is 6.44. The first-order chi connectivity index (χ1) is 12.6. The minimum atomic E-state index is -0.614. The zero-order valence-corrected chi connectivity index (χ0v) is 13.7. The van der Waals surface area contributed by atoms with Gasteiger partial charge < -0.3 is 11.1 Å². The molecule has 5 nitrogen and oxygen atoms in total. The Bertz CT molecular complexity index is 1050. The zero-order chi connectivity index (χ0) is 18.1. The van der Waals surface area contributed by atoms with Crippen LogP contribution in [0.25, 0.3) is 16.9 Å². The van der Waals surface area contributed by atoms with Crippen LogP contribution in [-0.2, 0) is 6.54 Å². The van der Waals surface area contributed by atoms with Gasteiger partial charge in [0.1, 0.15) is 17.3 Å². The van der Waals surface area contributed by atoms with Gasteiger partial charge in [0.2, 0.25) is 5.95 Å². The van der Waals surface area contributed by atoms with Crippen LogP contribution in [0.4, 0.5) is 20.4 Å². The molecule has 2 aromatic carbocycles. The summed E-state index contributed by atoms with van der Waals surface area (Å²) in [6.07, 6.45) is 0. The third-order valence-electron chi connectivity index (χ3n) is 4.06. The monoisotopic (exact) mass is 351 g/mol. The van der Waals surface area contributed by atoms with E-state index in [1.807, 2.05) is 42.5 Å². The van der Waals surface area contributed by atoms with Gasteiger partial charge >= 0.3 is 0 Å². The predicted octanol–water partition coefficient (Wildman–Crippen LogP) is 3.87. The number of hydrogen-bond donors (Lipinski definition) is 2. The summed E-state index contributed by atoms with van der Waals surface area (Å²) in [7, 11) is 0. The van der Waals surface area contributed by atoms with Gasteiger partial charge in [-0.25, -0.2) is 13.3 Å². The van der Waals surface area contributed by atoms with Crippen molar-refractivity contribution in [3.8, 4) is 11.3 Å². The van der Waals surface area contributed by atoms with Gasteiger partial charge in [0, 0.05) is 12.1 Å². The lowest BCUT2D eigenvalue weighted by Crippen LogP contribution is -2.03. The van der Waals surface area contributed by atoms with Gasteiger partial charge in [-0.15, -0.1) is 5.10 Å². The van der Waals surface area contributed by atoms with Gasteiger partial charge in [-0.1, -0.05) is 36.4 Å². The number of nitrogen functional groups attached to an aromatic ring is 1. The topological polar surface area (TPSA) is 68.2 Å². The normalized spacial score (nSPS) is 11.0. The van der Waals surface area contributed by atoms with Gasteiger partial charge in [0.25, 0.3) is 0 Å². The van der Waals surface area contributed by atoms with E-state index >= 15 is 0 Å². The average Bonchev–Trinajstić information content (AvgIpc) is 3.02. The lowest BCUT2D eigenvalue weighted by atomic mass is 10.1. The minimum absolute atomic E-state index is 0.126. The molecule has 3 N–H and O–H groups in total. The summed E-state index contributed by atoms with van der Waals surface area (Å²) < 4.78 is 29.0. The predicted molar refractivity (Wildman–Crippen MR) is 96.5 cm³/mol. The molecule has 0 amide bonds. The molecule has 2 heterocycles. The number of nitrogens with one attached hydrogen (secondary N) is 1. The molecular formula is C19H15F2N5. The quantitative estimate of drug-likeness (QED) is 0.586. The highest BCUT2D eigenvalue weighted by Gasteiger charge is 2.09. The number of halogens is 2. The Kier molecular flexibility index (Phi) is 3.96. The Morgan fingerprint density at radius 3 is 2.35 bits per heavy atom. The van der Waals surface area contributed by atoms with Crippen molar-refractivity contribution in [2.75, 3.05) is 11.1 Å². The number of nitrogens with two attached hydrogens (primary N) is 1. The van der Waals surface area contributed by atoms with Crippen molar-refractivity contribution in [2.45, 2.75) is 6.54 Å². The maximum absolute atomic E-state index is 13.7. The fourth-order valence-corrected chi connectivity index (χ4v) is 2.79. The van der Waals surface area contributed by atoms with E-state index in [1.165, 1.54) is 18.2 Å². The SMILES string of the molecule is Nc1nc2cccc(-c3ccc(CNc4c(F)cccc4F)cc3)n2n1. The highest BCUT2D eigenvalue weighted by atomic mass is 19.1. The molecule has 130 valence electrons. The molecule has 0 fully saturated rings. The van der Waals surface area contributed by atoms with Gasteiger partial charge in [0.15, 0.2) is 5.65 Å². The molecule has 2 aromatic heterocycles. The Hall–Kier alpha value is -3.48. The van der Waals surface area contributed by atoms with Crippen LogP contribution in [0.2, 0.25) is 0 Å². The molecule has 0 aliphatic carbocycles. The van der Waals surface area contributed by atoms with Crippen LogP contribution in [0.15, 0.2) is 60.7 Å². The van der Waals surface area contributed by atoms with Gasteiger partial charge in [-0.3, -0.25) is 0 Å². The van der Waals surface area contributed by atoms with E-state index in [0.29, 0.717) is 12.2 Å². The molecule has 4 aromatic rings. The second-order valence-electron chi connectivity index (χ2n) is 5.80. The Morgan fingerprint density at radius 2 is 1.62 bits per heavy atom. The van der Waals surface area contributed by atoms with E-state index in [-0.39, 0.29) is 11.6 Å². The van der Waals surface area contributed by atoms with Crippen LogP contribution >= 0.6 is 0 Å². The molecular weight excluding hydrogens is 336 g/mol. The van der Waals surface area contributed by atoms with Crippen LogP contribution < -0.4 is 11.1 Å². The second-order valence-corrected chi connectivity index (χ2v) is 5.80. The number of fused-ring (bicyclic) bond motifs is 1. The molecule has 7 heteroatoms.